The van der Waals surface area contributed by atoms with Crippen LogP contribution in [0.3, 0.4) is 0 Å². The van der Waals surface area contributed by atoms with Crippen LogP contribution in [-0.2, 0) is 19.6 Å². The summed E-state index contributed by atoms with van der Waals surface area (Å²) in [6, 6.07) is 3.49. The summed E-state index contributed by atoms with van der Waals surface area (Å²) in [6.45, 7) is 0.273. The molecule has 7 nitrogen and oxygen atoms in total. The van der Waals surface area contributed by atoms with E-state index in [2.05, 4.69) is 10.6 Å². The largest absolute Gasteiger partial charge is 0.352 e. The molecule has 1 aromatic rings. The molecule has 2 N–H and O–H groups in total. The lowest BCUT2D eigenvalue weighted by Gasteiger charge is -2.30. The molecule has 2 aliphatic rings. The van der Waals surface area contributed by atoms with Crippen molar-refractivity contribution in [3.05, 3.63) is 29.0 Å². The molecule has 1 aliphatic carbocycles. The highest BCUT2D eigenvalue weighted by Crippen LogP contribution is 2.26. The van der Waals surface area contributed by atoms with Crippen LogP contribution in [0.1, 0.15) is 44.9 Å². The number of carbonyl (C=O) groups is 2. The number of nitrogens with zero attached hydrogens (tertiary/aromatic N) is 1. The van der Waals surface area contributed by atoms with Crippen molar-refractivity contribution in [3.63, 3.8) is 0 Å². The highest BCUT2D eigenvalue weighted by atomic mass is 35.5. The van der Waals surface area contributed by atoms with Gasteiger partial charge in [0.05, 0.1) is 16.5 Å². The van der Waals surface area contributed by atoms with E-state index in [0.29, 0.717) is 12.8 Å². The van der Waals surface area contributed by atoms with Gasteiger partial charge in [-0.05, 0) is 43.9 Å². The molecular weight excluding hydrogens is 433 g/mol. The molecule has 3 rings (SSSR count). The number of hydrogen-bond acceptors (Lipinski definition) is 4. The van der Waals surface area contributed by atoms with E-state index in [1.807, 2.05) is 0 Å². The molecule has 0 bridgehead atoms. The smallest absolute Gasteiger partial charge is 0.243 e. The Morgan fingerprint density at radius 3 is 2.40 bits per heavy atom. The number of carbonyl (C=O) groups excluding carboxylic acids is 2. The number of hydrogen-bond donors (Lipinski definition) is 2. The van der Waals surface area contributed by atoms with E-state index >= 15 is 0 Å². The van der Waals surface area contributed by atoms with Crippen molar-refractivity contribution in [2.24, 2.45) is 5.92 Å². The highest BCUT2D eigenvalue weighted by Gasteiger charge is 2.32. The maximum Gasteiger partial charge on any atom is 0.243 e. The van der Waals surface area contributed by atoms with Crippen molar-refractivity contribution in [2.75, 3.05) is 19.6 Å². The molecule has 166 valence electrons. The first-order valence-electron chi connectivity index (χ1n) is 10.3. The van der Waals surface area contributed by atoms with Crippen LogP contribution in [0.15, 0.2) is 23.1 Å². The first kappa shape index (κ1) is 23.0. The van der Waals surface area contributed by atoms with E-state index in [4.69, 9.17) is 11.6 Å². The minimum Gasteiger partial charge on any atom is -0.352 e. The number of rotatable bonds is 6. The number of benzene rings is 1. The zero-order valence-corrected chi connectivity index (χ0v) is 18.3. The summed E-state index contributed by atoms with van der Waals surface area (Å²) in [4.78, 5) is 24.4. The van der Waals surface area contributed by atoms with Crippen LogP contribution >= 0.6 is 11.6 Å². The monoisotopic (exact) mass is 459 g/mol. The van der Waals surface area contributed by atoms with Gasteiger partial charge in [-0.2, -0.15) is 4.31 Å². The van der Waals surface area contributed by atoms with E-state index in [1.165, 1.54) is 16.8 Å². The lowest BCUT2D eigenvalue weighted by Crippen LogP contribution is -2.46. The van der Waals surface area contributed by atoms with Crippen LogP contribution in [-0.4, -0.2) is 50.2 Å². The minimum absolute atomic E-state index is 0.0675. The molecule has 2 amide bonds. The average molecular weight is 460 g/mol. The van der Waals surface area contributed by atoms with Crippen molar-refractivity contribution in [3.8, 4) is 0 Å². The topological polar surface area (TPSA) is 95.6 Å². The Morgan fingerprint density at radius 2 is 1.77 bits per heavy atom. The van der Waals surface area contributed by atoms with E-state index in [9.17, 15) is 22.4 Å². The Morgan fingerprint density at radius 1 is 1.10 bits per heavy atom. The quantitative estimate of drug-likeness (QED) is 0.683. The van der Waals surface area contributed by atoms with Gasteiger partial charge in [0.2, 0.25) is 21.8 Å². The Bertz CT molecular complexity index is 882. The number of halogens is 2. The molecule has 0 radical (unpaired) electrons. The van der Waals surface area contributed by atoms with Crippen molar-refractivity contribution in [2.45, 2.75) is 55.9 Å². The lowest BCUT2D eigenvalue weighted by molar-refractivity contribution is -0.129. The summed E-state index contributed by atoms with van der Waals surface area (Å²) < 4.78 is 40.0. The van der Waals surface area contributed by atoms with Crippen LogP contribution in [0.4, 0.5) is 4.39 Å². The third kappa shape index (κ3) is 5.70. The van der Waals surface area contributed by atoms with E-state index in [1.54, 1.807) is 0 Å². The van der Waals surface area contributed by atoms with Crippen molar-refractivity contribution in [1.29, 1.82) is 0 Å². The van der Waals surface area contributed by atoms with Gasteiger partial charge in [0, 0.05) is 25.0 Å². The molecule has 0 unspecified atom stereocenters. The molecule has 1 heterocycles. The molecule has 0 atom stereocenters. The maximum absolute atomic E-state index is 13.3. The molecule has 1 saturated carbocycles. The molecule has 0 spiro atoms. The fraction of sp³-hybridized carbons (Fsp3) is 0.600. The highest BCUT2D eigenvalue weighted by molar-refractivity contribution is 7.89. The second kappa shape index (κ2) is 10.1. The Hall–Kier alpha value is -1.71. The van der Waals surface area contributed by atoms with Gasteiger partial charge >= 0.3 is 0 Å². The van der Waals surface area contributed by atoms with Crippen molar-refractivity contribution >= 4 is 33.4 Å². The lowest BCUT2D eigenvalue weighted by atomic mass is 9.95. The van der Waals surface area contributed by atoms with Gasteiger partial charge in [0.1, 0.15) is 5.82 Å². The summed E-state index contributed by atoms with van der Waals surface area (Å²) in [7, 11) is -3.81. The van der Waals surface area contributed by atoms with Gasteiger partial charge < -0.3 is 10.6 Å². The second-order valence-electron chi connectivity index (χ2n) is 7.87. The van der Waals surface area contributed by atoms with Crippen molar-refractivity contribution < 1.29 is 22.4 Å². The summed E-state index contributed by atoms with van der Waals surface area (Å²) in [5.41, 5.74) is 0. The van der Waals surface area contributed by atoms with E-state index in [0.717, 1.165) is 37.8 Å². The Labute approximate surface area is 181 Å². The summed E-state index contributed by atoms with van der Waals surface area (Å²) >= 11 is 5.70. The van der Waals surface area contributed by atoms with Crippen molar-refractivity contribution in [1.82, 2.24) is 14.9 Å². The standard InChI is InChI=1S/C20H27ClFN3O4S/c21-17-12-16(6-7-18(17)22)30(28,29)25-10-8-14(9-11-25)20(27)23-13-19(26)24-15-4-2-1-3-5-15/h6-7,12,14-15H,1-5,8-11,13H2,(H,23,27)(H,24,26). The number of sulfonamides is 1. The fourth-order valence-corrected chi connectivity index (χ4v) is 5.72. The van der Waals surface area contributed by atoms with Gasteiger partial charge in [-0.15, -0.1) is 0 Å². The second-order valence-corrected chi connectivity index (χ2v) is 10.2. The summed E-state index contributed by atoms with van der Waals surface area (Å²) in [5, 5.41) is 5.36. The Balaban J connectivity index is 1.46. The minimum atomic E-state index is -3.81. The first-order chi connectivity index (χ1) is 14.3. The fourth-order valence-electron chi connectivity index (χ4n) is 3.98. The number of piperidine rings is 1. The van der Waals surface area contributed by atoms with Crippen LogP contribution in [0.5, 0.6) is 0 Å². The van der Waals surface area contributed by atoms with Gasteiger partial charge in [0.15, 0.2) is 0 Å². The first-order valence-corrected chi connectivity index (χ1v) is 12.1. The predicted molar refractivity (Wildman–Crippen MR) is 111 cm³/mol. The molecule has 1 aliphatic heterocycles. The number of nitrogens with one attached hydrogen (secondary N) is 2. The maximum atomic E-state index is 13.3. The average Bonchev–Trinajstić information content (AvgIpc) is 2.74. The molecule has 2 fully saturated rings. The van der Waals surface area contributed by atoms with Crippen LogP contribution < -0.4 is 10.6 Å². The normalized spacial score (nSPS) is 19.4. The Kier molecular flexibility index (Phi) is 7.70. The molecular formula is C20H27ClFN3O4S. The third-order valence-corrected chi connectivity index (χ3v) is 7.93. The number of amides is 2. The van der Waals surface area contributed by atoms with Gasteiger partial charge in [-0.1, -0.05) is 30.9 Å². The molecule has 0 aromatic heterocycles. The van der Waals surface area contributed by atoms with Crippen LogP contribution in [0.25, 0.3) is 0 Å². The summed E-state index contributed by atoms with van der Waals surface area (Å²) in [5.74, 6) is -1.46. The molecule has 30 heavy (non-hydrogen) atoms. The SMILES string of the molecule is O=C(CNC(=O)C1CCN(S(=O)(=O)c2ccc(F)c(Cl)c2)CC1)NC1CCCCC1. The van der Waals surface area contributed by atoms with Crippen LogP contribution in [0, 0.1) is 11.7 Å². The zero-order chi connectivity index (χ0) is 21.7. The molecule has 1 aromatic carbocycles. The summed E-state index contributed by atoms with van der Waals surface area (Å²) in [6.07, 6.45) is 6.09. The predicted octanol–water partition coefficient (Wildman–Crippen LogP) is 2.44. The van der Waals surface area contributed by atoms with Gasteiger partial charge in [-0.3, -0.25) is 9.59 Å². The van der Waals surface area contributed by atoms with E-state index < -0.39 is 15.8 Å². The van der Waals surface area contributed by atoms with Gasteiger partial charge in [-0.25, -0.2) is 12.8 Å². The van der Waals surface area contributed by atoms with E-state index in [-0.39, 0.29) is 53.3 Å². The molecule has 10 heteroatoms. The third-order valence-electron chi connectivity index (χ3n) is 5.75. The van der Waals surface area contributed by atoms with Crippen LogP contribution in [0.2, 0.25) is 5.02 Å². The van der Waals surface area contributed by atoms with Gasteiger partial charge in [0.25, 0.3) is 0 Å². The zero-order valence-electron chi connectivity index (χ0n) is 16.7. The molecule has 1 saturated heterocycles.